The van der Waals surface area contributed by atoms with Gasteiger partial charge in [0.2, 0.25) is 0 Å². The third-order valence-corrected chi connectivity index (χ3v) is 2.64. The largest absolute Gasteiger partial charge is 0.328 e. The molecule has 1 fully saturated rings. The van der Waals surface area contributed by atoms with E-state index in [4.69, 9.17) is 5.73 Å². The molecule has 0 radical (unpaired) electrons. The third-order valence-electron chi connectivity index (χ3n) is 2.64. The van der Waals surface area contributed by atoms with Crippen molar-refractivity contribution in [1.29, 1.82) is 0 Å². The molecular formula is C10H22N2. The lowest BCUT2D eigenvalue weighted by Crippen LogP contribution is -2.48. The van der Waals surface area contributed by atoms with Crippen molar-refractivity contribution in [3.8, 4) is 0 Å². The van der Waals surface area contributed by atoms with Gasteiger partial charge >= 0.3 is 0 Å². The van der Waals surface area contributed by atoms with Crippen LogP contribution in [0.3, 0.4) is 0 Å². The van der Waals surface area contributed by atoms with Gasteiger partial charge in [-0.3, -0.25) is 0 Å². The zero-order valence-corrected chi connectivity index (χ0v) is 8.18. The van der Waals surface area contributed by atoms with Gasteiger partial charge in [0.25, 0.3) is 0 Å². The standard InChI is InChI=1S/C10H22N2/c1-2-3-4-5-6-12-10-7-9(11)8-10/h9-10,12H,2-8,11H2,1H3. The summed E-state index contributed by atoms with van der Waals surface area (Å²) in [5.41, 5.74) is 5.68. The van der Waals surface area contributed by atoms with Crippen LogP contribution in [0.25, 0.3) is 0 Å². The molecule has 0 amide bonds. The minimum Gasteiger partial charge on any atom is -0.328 e. The van der Waals surface area contributed by atoms with Crippen LogP contribution in [0.2, 0.25) is 0 Å². The summed E-state index contributed by atoms with van der Waals surface area (Å²) in [6.45, 7) is 3.44. The quantitative estimate of drug-likeness (QED) is 0.595. The molecule has 0 spiro atoms. The molecule has 0 aromatic heterocycles. The Morgan fingerprint density at radius 1 is 1.25 bits per heavy atom. The summed E-state index contributed by atoms with van der Waals surface area (Å²) < 4.78 is 0. The lowest BCUT2D eigenvalue weighted by molar-refractivity contribution is 0.291. The highest BCUT2D eigenvalue weighted by Crippen LogP contribution is 2.17. The van der Waals surface area contributed by atoms with Crippen molar-refractivity contribution in [3.63, 3.8) is 0 Å². The van der Waals surface area contributed by atoms with E-state index in [0.717, 1.165) is 6.04 Å². The number of hydrogen-bond acceptors (Lipinski definition) is 2. The summed E-state index contributed by atoms with van der Waals surface area (Å²) in [5, 5.41) is 3.53. The van der Waals surface area contributed by atoms with Gasteiger partial charge in [0, 0.05) is 12.1 Å². The highest BCUT2D eigenvalue weighted by molar-refractivity contribution is 4.87. The van der Waals surface area contributed by atoms with Crippen LogP contribution in [0.5, 0.6) is 0 Å². The lowest BCUT2D eigenvalue weighted by atomic mass is 9.87. The number of rotatable bonds is 6. The first-order valence-corrected chi connectivity index (χ1v) is 5.32. The first-order chi connectivity index (χ1) is 5.83. The van der Waals surface area contributed by atoms with Crippen LogP contribution in [0.15, 0.2) is 0 Å². The van der Waals surface area contributed by atoms with E-state index in [1.807, 2.05) is 0 Å². The summed E-state index contributed by atoms with van der Waals surface area (Å²) in [4.78, 5) is 0. The van der Waals surface area contributed by atoms with E-state index in [1.165, 1.54) is 45.1 Å². The average molecular weight is 170 g/mol. The Morgan fingerprint density at radius 2 is 2.00 bits per heavy atom. The smallest absolute Gasteiger partial charge is 0.00965 e. The molecule has 3 N–H and O–H groups in total. The number of nitrogens with two attached hydrogens (primary N) is 1. The van der Waals surface area contributed by atoms with Crippen LogP contribution in [0, 0.1) is 0 Å². The fourth-order valence-corrected chi connectivity index (χ4v) is 1.69. The zero-order chi connectivity index (χ0) is 8.81. The second-order valence-corrected chi connectivity index (χ2v) is 3.94. The Bertz CT molecular complexity index is 108. The van der Waals surface area contributed by atoms with E-state index < -0.39 is 0 Å². The van der Waals surface area contributed by atoms with Gasteiger partial charge in [-0.25, -0.2) is 0 Å². The molecule has 0 atom stereocenters. The highest BCUT2D eigenvalue weighted by atomic mass is 14.9. The molecule has 1 aliphatic rings. The van der Waals surface area contributed by atoms with E-state index >= 15 is 0 Å². The van der Waals surface area contributed by atoms with Crippen molar-refractivity contribution in [2.45, 2.75) is 57.5 Å². The fourth-order valence-electron chi connectivity index (χ4n) is 1.69. The molecule has 72 valence electrons. The molecule has 0 unspecified atom stereocenters. The van der Waals surface area contributed by atoms with Gasteiger partial charge in [-0.15, -0.1) is 0 Å². The molecule has 2 heteroatoms. The SMILES string of the molecule is CCCCCCNC1CC(N)C1. The van der Waals surface area contributed by atoms with Crippen LogP contribution in [0.1, 0.15) is 45.4 Å². The van der Waals surface area contributed by atoms with E-state index in [1.54, 1.807) is 0 Å². The number of nitrogens with one attached hydrogen (secondary N) is 1. The van der Waals surface area contributed by atoms with Crippen LogP contribution in [0.4, 0.5) is 0 Å². The monoisotopic (exact) mass is 170 g/mol. The molecule has 0 saturated heterocycles. The zero-order valence-electron chi connectivity index (χ0n) is 8.18. The summed E-state index contributed by atoms with van der Waals surface area (Å²) in [6, 6.07) is 1.22. The molecule has 0 aromatic carbocycles. The molecule has 0 heterocycles. The average Bonchev–Trinajstić information content (AvgIpc) is 2.00. The van der Waals surface area contributed by atoms with Crippen LogP contribution >= 0.6 is 0 Å². The van der Waals surface area contributed by atoms with Crippen molar-refractivity contribution in [1.82, 2.24) is 5.32 Å². The molecule has 1 saturated carbocycles. The molecule has 0 aromatic rings. The predicted octanol–water partition coefficient (Wildman–Crippen LogP) is 1.65. The van der Waals surface area contributed by atoms with Crippen molar-refractivity contribution >= 4 is 0 Å². The van der Waals surface area contributed by atoms with Gasteiger partial charge < -0.3 is 11.1 Å². The maximum Gasteiger partial charge on any atom is 0.00965 e. The van der Waals surface area contributed by atoms with E-state index in [-0.39, 0.29) is 0 Å². The Kier molecular flexibility index (Phi) is 4.62. The lowest BCUT2D eigenvalue weighted by Gasteiger charge is -2.33. The first-order valence-electron chi connectivity index (χ1n) is 5.32. The highest BCUT2D eigenvalue weighted by Gasteiger charge is 2.24. The second-order valence-electron chi connectivity index (χ2n) is 3.94. The van der Waals surface area contributed by atoms with Crippen LogP contribution in [-0.2, 0) is 0 Å². The van der Waals surface area contributed by atoms with E-state index in [2.05, 4.69) is 12.2 Å². The molecule has 1 aliphatic carbocycles. The number of hydrogen-bond donors (Lipinski definition) is 2. The summed E-state index contributed by atoms with van der Waals surface area (Å²) in [6.07, 6.45) is 7.80. The summed E-state index contributed by atoms with van der Waals surface area (Å²) >= 11 is 0. The van der Waals surface area contributed by atoms with E-state index in [9.17, 15) is 0 Å². The summed E-state index contributed by atoms with van der Waals surface area (Å²) in [7, 11) is 0. The van der Waals surface area contributed by atoms with Crippen molar-refractivity contribution < 1.29 is 0 Å². The van der Waals surface area contributed by atoms with Crippen LogP contribution in [-0.4, -0.2) is 18.6 Å². The maximum atomic E-state index is 5.68. The molecule has 2 nitrogen and oxygen atoms in total. The Balaban J connectivity index is 1.77. The van der Waals surface area contributed by atoms with Gasteiger partial charge in [-0.1, -0.05) is 26.2 Å². The first kappa shape index (κ1) is 10.0. The third kappa shape index (κ3) is 3.55. The molecule has 0 bridgehead atoms. The Hall–Kier alpha value is -0.0800. The summed E-state index contributed by atoms with van der Waals surface area (Å²) in [5.74, 6) is 0. The minimum atomic E-state index is 0.484. The second kappa shape index (κ2) is 5.55. The van der Waals surface area contributed by atoms with Gasteiger partial charge in [-0.2, -0.15) is 0 Å². The van der Waals surface area contributed by atoms with Gasteiger partial charge in [-0.05, 0) is 25.8 Å². The normalized spacial score (nSPS) is 28.5. The van der Waals surface area contributed by atoms with Gasteiger partial charge in [0.1, 0.15) is 0 Å². The van der Waals surface area contributed by atoms with Gasteiger partial charge in [0.05, 0.1) is 0 Å². The van der Waals surface area contributed by atoms with Crippen LogP contribution < -0.4 is 11.1 Å². The molecule has 12 heavy (non-hydrogen) atoms. The topological polar surface area (TPSA) is 38.0 Å². The van der Waals surface area contributed by atoms with Crippen molar-refractivity contribution in [3.05, 3.63) is 0 Å². The maximum absolute atomic E-state index is 5.68. The Labute approximate surface area is 75.9 Å². The van der Waals surface area contributed by atoms with E-state index in [0.29, 0.717) is 6.04 Å². The molecular weight excluding hydrogens is 148 g/mol. The molecule has 0 aliphatic heterocycles. The number of unbranched alkanes of at least 4 members (excludes halogenated alkanes) is 3. The van der Waals surface area contributed by atoms with Crippen molar-refractivity contribution in [2.75, 3.05) is 6.54 Å². The molecule has 1 rings (SSSR count). The van der Waals surface area contributed by atoms with Crippen molar-refractivity contribution in [2.24, 2.45) is 5.73 Å². The van der Waals surface area contributed by atoms with Gasteiger partial charge in [0.15, 0.2) is 0 Å². The minimum absolute atomic E-state index is 0.484. The fraction of sp³-hybridized carbons (Fsp3) is 1.00. The predicted molar refractivity (Wildman–Crippen MR) is 53.1 cm³/mol. The Morgan fingerprint density at radius 3 is 2.58 bits per heavy atom.